The maximum absolute atomic E-state index is 12.7. The molecule has 4 unspecified atom stereocenters. The van der Waals surface area contributed by atoms with Crippen molar-refractivity contribution in [3.8, 4) is 0 Å². The van der Waals surface area contributed by atoms with Crippen molar-refractivity contribution in [2.75, 3.05) is 7.11 Å². The number of fused-ring (bicyclic) bond motifs is 1. The zero-order valence-electron chi connectivity index (χ0n) is 12.8. The molecule has 2 aliphatic carbocycles. The summed E-state index contributed by atoms with van der Waals surface area (Å²) in [7, 11) is 1.28. The largest absolute Gasteiger partial charge is 0.469 e. The molecule has 2 rings (SSSR count). The molecule has 21 heavy (non-hydrogen) atoms. The van der Waals surface area contributed by atoms with Crippen molar-refractivity contribution < 1.29 is 23.9 Å². The monoisotopic (exact) mass is 294 g/mol. The predicted molar refractivity (Wildman–Crippen MR) is 74.4 cm³/mol. The summed E-state index contributed by atoms with van der Waals surface area (Å²) in [4.78, 5) is 49.4. The molecule has 0 heterocycles. The van der Waals surface area contributed by atoms with Gasteiger partial charge in [-0.15, -0.1) is 0 Å². The third-order valence-electron chi connectivity index (χ3n) is 5.02. The fourth-order valence-corrected chi connectivity index (χ4v) is 4.09. The van der Waals surface area contributed by atoms with E-state index in [0.717, 1.165) is 0 Å². The van der Waals surface area contributed by atoms with Crippen LogP contribution in [0.3, 0.4) is 0 Å². The average Bonchev–Trinajstić information content (AvgIpc) is 2.76. The molecule has 0 aromatic carbocycles. The summed E-state index contributed by atoms with van der Waals surface area (Å²) in [6.07, 6.45) is 1.98. The summed E-state index contributed by atoms with van der Waals surface area (Å²) in [6.45, 7) is 3.75. The van der Waals surface area contributed by atoms with Gasteiger partial charge < -0.3 is 4.74 Å². The summed E-state index contributed by atoms with van der Waals surface area (Å²) in [6, 6.07) is 0. The van der Waals surface area contributed by atoms with Gasteiger partial charge in [0.15, 0.2) is 17.3 Å². The zero-order valence-corrected chi connectivity index (χ0v) is 12.8. The summed E-state index contributed by atoms with van der Waals surface area (Å²) in [5.41, 5.74) is -1.04. The minimum absolute atomic E-state index is 0.00151. The van der Waals surface area contributed by atoms with Crippen LogP contribution in [-0.2, 0) is 23.9 Å². The van der Waals surface area contributed by atoms with Crippen molar-refractivity contribution >= 4 is 23.3 Å². The Balaban J connectivity index is 2.39. The van der Waals surface area contributed by atoms with E-state index in [4.69, 9.17) is 4.74 Å². The van der Waals surface area contributed by atoms with Gasteiger partial charge in [-0.2, -0.15) is 0 Å². The highest BCUT2D eigenvalue weighted by Crippen LogP contribution is 2.54. The lowest BCUT2D eigenvalue weighted by molar-refractivity contribution is -0.167. The van der Waals surface area contributed by atoms with Crippen LogP contribution < -0.4 is 0 Å². The van der Waals surface area contributed by atoms with Gasteiger partial charge in [0.25, 0.3) is 0 Å². The molecule has 116 valence electrons. The normalized spacial score (nSPS) is 35.5. The Hall–Kier alpha value is -1.52. The Morgan fingerprint density at radius 1 is 1.33 bits per heavy atom. The van der Waals surface area contributed by atoms with Crippen LogP contribution in [0, 0.1) is 23.2 Å². The third-order valence-corrected chi connectivity index (χ3v) is 5.02. The van der Waals surface area contributed by atoms with Crippen LogP contribution in [0.15, 0.2) is 0 Å². The molecule has 0 radical (unpaired) electrons. The summed E-state index contributed by atoms with van der Waals surface area (Å²) < 4.78 is 4.85. The molecule has 0 spiro atoms. The van der Waals surface area contributed by atoms with Crippen molar-refractivity contribution in [2.24, 2.45) is 23.2 Å². The van der Waals surface area contributed by atoms with Crippen molar-refractivity contribution in [3.63, 3.8) is 0 Å². The van der Waals surface area contributed by atoms with E-state index in [2.05, 4.69) is 0 Å². The number of ether oxygens (including phenoxy) is 1. The van der Waals surface area contributed by atoms with Crippen molar-refractivity contribution in [1.29, 1.82) is 0 Å². The molecule has 0 N–H and O–H groups in total. The van der Waals surface area contributed by atoms with Crippen LogP contribution in [0.4, 0.5) is 0 Å². The second-order valence-electron chi connectivity index (χ2n) is 6.34. The highest BCUT2D eigenvalue weighted by atomic mass is 16.5. The Kier molecular flexibility index (Phi) is 4.30. The first-order valence-electron chi connectivity index (χ1n) is 7.56. The van der Waals surface area contributed by atoms with Gasteiger partial charge >= 0.3 is 5.97 Å². The zero-order chi connectivity index (χ0) is 15.8. The van der Waals surface area contributed by atoms with E-state index in [1.807, 2.05) is 13.8 Å². The maximum Gasteiger partial charge on any atom is 0.312 e. The Morgan fingerprint density at radius 2 is 2.00 bits per heavy atom. The van der Waals surface area contributed by atoms with Crippen LogP contribution in [0.25, 0.3) is 0 Å². The van der Waals surface area contributed by atoms with Gasteiger partial charge in [0, 0.05) is 18.8 Å². The van der Waals surface area contributed by atoms with Gasteiger partial charge in [0.05, 0.1) is 12.5 Å². The number of hydrogen-bond donors (Lipinski definition) is 0. The molecule has 0 aromatic rings. The number of Topliss-reactive ketones (excluding diaryl/α,β-unsaturated/α-hetero) is 3. The first-order chi connectivity index (χ1) is 9.89. The quantitative estimate of drug-likeness (QED) is 0.583. The van der Waals surface area contributed by atoms with Crippen LogP contribution in [0.1, 0.15) is 46.0 Å². The predicted octanol–water partition coefficient (Wildman–Crippen LogP) is 1.72. The van der Waals surface area contributed by atoms with E-state index < -0.39 is 29.0 Å². The number of ketones is 3. The van der Waals surface area contributed by atoms with E-state index in [1.165, 1.54) is 7.11 Å². The van der Waals surface area contributed by atoms with Crippen LogP contribution in [0.2, 0.25) is 0 Å². The number of methoxy groups -OCH3 is 1. The van der Waals surface area contributed by atoms with Crippen LogP contribution >= 0.6 is 0 Å². The molecular weight excluding hydrogens is 272 g/mol. The molecule has 5 heteroatoms. The fraction of sp³-hybridized carbons (Fsp3) is 0.750. The lowest BCUT2D eigenvalue weighted by Crippen LogP contribution is -2.53. The molecule has 2 saturated carbocycles. The molecule has 0 amide bonds. The number of esters is 1. The lowest BCUT2D eigenvalue weighted by atomic mass is 9.61. The molecule has 2 fully saturated rings. The minimum atomic E-state index is -1.16. The molecule has 2 aliphatic rings. The van der Waals surface area contributed by atoms with Gasteiger partial charge in [-0.3, -0.25) is 19.2 Å². The van der Waals surface area contributed by atoms with Crippen molar-refractivity contribution in [1.82, 2.24) is 0 Å². The van der Waals surface area contributed by atoms with E-state index in [1.54, 1.807) is 0 Å². The van der Waals surface area contributed by atoms with E-state index in [-0.39, 0.29) is 30.3 Å². The van der Waals surface area contributed by atoms with E-state index in [0.29, 0.717) is 19.3 Å². The molecule has 0 aromatic heterocycles. The number of carbonyl (C=O) groups excluding carboxylic acids is 4. The van der Waals surface area contributed by atoms with Crippen molar-refractivity contribution in [2.45, 2.75) is 46.0 Å². The lowest BCUT2D eigenvalue weighted by Gasteiger charge is -2.39. The van der Waals surface area contributed by atoms with Crippen molar-refractivity contribution in [3.05, 3.63) is 0 Å². The van der Waals surface area contributed by atoms with E-state index in [9.17, 15) is 19.2 Å². The summed E-state index contributed by atoms with van der Waals surface area (Å²) in [5.74, 6) is -3.28. The molecule has 5 nitrogen and oxygen atoms in total. The summed E-state index contributed by atoms with van der Waals surface area (Å²) >= 11 is 0. The van der Waals surface area contributed by atoms with Gasteiger partial charge in [-0.1, -0.05) is 13.8 Å². The third kappa shape index (κ3) is 2.32. The number of hydrogen-bond acceptors (Lipinski definition) is 5. The Labute approximate surface area is 124 Å². The number of carbonyl (C=O) groups is 4. The standard InChI is InChI=1S/C16H22O5/c1-4-5-10(17)12-11(18)8-16(15(20)21-3)7-6-9(2)13(16)14(12)19/h9,12-13H,4-8H2,1-3H3. The second-order valence-corrected chi connectivity index (χ2v) is 6.34. The number of rotatable bonds is 4. The highest BCUT2D eigenvalue weighted by Gasteiger charge is 2.62. The van der Waals surface area contributed by atoms with Gasteiger partial charge in [0.1, 0.15) is 5.92 Å². The average molecular weight is 294 g/mol. The van der Waals surface area contributed by atoms with Crippen LogP contribution in [0.5, 0.6) is 0 Å². The molecule has 0 saturated heterocycles. The minimum Gasteiger partial charge on any atom is -0.469 e. The van der Waals surface area contributed by atoms with E-state index >= 15 is 0 Å². The molecule has 0 aliphatic heterocycles. The Morgan fingerprint density at radius 3 is 2.57 bits per heavy atom. The molecule has 4 atom stereocenters. The van der Waals surface area contributed by atoms with Crippen LogP contribution in [-0.4, -0.2) is 30.4 Å². The second kappa shape index (κ2) is 5.70. The first kappa shape index (κ1) is 15.9. The smallest absolute Gasteiger partial charge is 0.312 e. The molecule has 0 bridgehead atoms. The Bertz CT molecular complexity index is 495. The van der Waals surface area contributed by atoms with Gasteiger partial charge in [-0.05, 0) is 25.2 Å². The van der Waals surface area contributed by atoms with Gasteiger partial charge in [0.2, 0.25) is 0 Å². The first-order valence-corrected chi connectivity index (χ1v) is 7.56. The summed E-state index contributed by atoms with van der Waals surface area (Å²) in [5, 5.41) is 0. The highest BCUT2D eigenvalue weighted by molar-refractivity contribution is 6.23. The topological polar surface area (TPSA) is 77.5 Å². The fourth-order valence-electron chi connectivity index (χ4n) is 4.09. The van der Waals surface area contributed by atoms with Gasteiger partial charge in [-0.25, -0.2) is 0 Å². The molecular formula is C16H22O5. The SMILES string of the molecule is CCCC(=O)C1C(=O)CC2(C(=O)OC)CCC(C)C2C1=O. The maximum atomic E-state index is 12.7.